The van der Waals surface area contributed by atoms with E-state index in [4.69, 9.17) is 4.52 Å². The minimum absolute atomic E-state index is 0.0659. The summed E-state index contributed by atoms with van der Waals surface area (Å²) in [5.41, 5.74) is 2.16. The lowest BCUT2D eigenvalue weighted by atomic mass is 10.1. The van der Waals surface area contributed by atoms with Crippen molar-refractivity contribution in [2.24, 2.45) is 0 Å². The van der Waals surface area contributed by atoms with Gasteiger partial charge >= 0.3 is 0 Å². The molecule has 1 heterocycles. The molecule has 2 rings (SSSR count). The number of aromatic nitrogens is 2. The highest BCUT2D eigenvalue weighted by atomic mass is 32.2. The summed E-state index contributed by atoms with van der Waals surface area (Å²) in [5.74, 6) is 0.750. The molecule has 0 aliphatic heterocycles. The molecule has 0 fully saturated rings. The van der Waals surface area contributed by atoms with E-state index < -0.39 is 10.8 Å². The Morgan fingerprint density at radius 3 is 2.87 bits per heavy atom. The molecule has 7 heteroatoms. The maximum Gasteiger partial charge on any atom is 0.232 e. The van der Waals surface area contributed by atoms with Crippen molar-refractivity contribution in [3.05, 3.63) is 47.1 Å². The summed E-state index contributed by atoms with van der Waals surface area (Å²) in [6.07, 6.45) is 1.61. The topological polar surface area (TPSA) is 85.1 Å². The average Bonchev–Trinajstić information content (AvgIpc) is 2.94. The number of carbonyl (C=O) groups is 1. The first-order chi connectivity index (χ1) is 11.1. The van der Waals surface area contributed by atoms with Crippen molar-refractivity contribution in [2.45, 2.75) is 39.0 Å². The van der Waals surface area contributed by atoms with Crippen molar-refractivity contribution in [1.82, 2.24) is 15.5 Å². The zero-order valence-electron chi connectivity index (χ0n) is 13.4. The Labute approximate surface area is 138 Å². The Balaban J connectivity index is 1.78. The van der Waals surface area contributed by atoms with E-state index in [2.05, 4.69) is 15.5 Å². The second-order valence-corrected chi connectivity index (χ2v) is 6.74. The molecule has 0 aliphatic rings. The molecule has 0 spiro atoms. The first kappa shape index (κ1) is 17.3. The second-order valence-electron chi connectivity index (χ2n) is 5.29. The fraction of sp³-hybridized carbons (Fsp3) is 0.438. The van der Waals surface area contributed by atoms with Gasteiger partial charge in [0.25, 0.3) is 0 Å². The fourth-order valence-corrected chi connectivity index (χ4v) is 2.96. The van der Waals surface area contributed by atoms with Crippen LogP contribution >= 0.6 is 0 Å². The van der Waals surface area contributed by atoms with Gasteiger partial charge in [0, 0.05) is 23.8 Å². The first-order valence-corrected chi connectivity index (χ1v) is 9.05. The molecule has 6 nitrogen and oxygen atoms in total. The Hall–Kier alpha value is -2.02. The van der Waals surface area contributed by atoms with Crippen LogP contribution in [0.1, 0.15) is 36.2 Å². The average molecular weight is 335 g/mol. The minimum Gasteiger partial charge on any atom is -0.351 e. The molecule has 1 aromatic heterocycles. The van der Waals surface area contributed by atoms with Crippen molar-refractivity contribution in [2.75, 3.05) is 5.75 Å². The van der Waals surface area contributed by atoms with Gasteiger partial charge in [-0.05, 0) is 24.5 Å². The maximum absolute atomic E-state index is 12.0. The van der Waals surface area contributed by atoms with Crippen LogP contribution in [0.4, 0.5) is 0 Å². The molecule has 1 amide bonds. The molecular weight excluding hydrogens is 314 g/mol. The SMILES string of the molecule is CCCc1nc(CS(=O)CC(=O)NCc2ccccc2C)no1. The molecular formula is C16H21N3O3S. The van der Waals surface area contributed by atoms with Crippen LogP contribution in [-0.2, 0) is 34.3 Å². The van der Waals surface area contributed by atoms with Gasteiger partial charge < -0.3 is 9.84 Å². The van der Waals surface area contributed by atoms with E-state index in [0.717, 1.165) is 17.5 Å². The first-order valence-electron chi connectivity index (χ1n) is 7.56. The van der Waals surface area contributed by atoms with Gasteiger partial charge in [-0.15, -0.1) is 0 Å². The van der Waals surface area contributed by atoms with Crippen LogP contribution in [0.25, 0.3) is 0 Å². The van der Waals surface area contributed by atoms with Crippen LogP contribution in [0.5, 0.6) is 0 Å². The maximum atomic E-state index is 12.0. The van der Waals surface area contributed by atoms with Gasteiger partial charge in [0.1, 0.15) is 5.75 Å². The molecule has 124 valence electrons. The number of nitrogens with zero attached hydrogens (tertiary/aromatic N) is 2. The largest absolute Gasteiger partial charge is 0.351 e. The highest BCUT2D eigenvalue weighted by Gasteiger charge is 2.13. The summed E-state index contributed by atoms with van der Waals surface area (Å²) in [6.45, 7) is 4.44. The Kier molecular flexibility index (Phi) is 6.46. The number of hydrogen-bond acceptors (Lipinski definition) is 5. The van der Waals surface area contributed by atoms with E-state index in [-0.39, 0.29) is 17.4 Å². The molecule has 1 aromatic carbocycles. The van der Waals surface area contributed by atoms with Crippen LogP contribution in [-0.4, -0.2) is 26.0 Å². The molecule has 0 saturated heterocycles. The van der Waals surface area contributed by atoms with Gasteiger partial charge in [0.2, 0.25) is 11.8 Å². The smallest absolute Gasteiger partial charge is 0.232 e. The van der Waals surface area contributed by atoms with E-state index >= 15 is 0 Å². The standard InChI is InChI=1S/C16H21N3O3S/c1-3-6-16-18-14(19-22-16)10-23(21)11-15(20)17-9-13-8-5-4-7-12(13)2/h4-5,7-8H,3,6,9-11H2,1-2H3,(H,17,20). The Morgan fingerprint density at radius 2 is 2.13 bits per heavy atom. The zero-order valence-corrected chi connectivity index (χ0v) is 14.2. The Bertz CT molecular complexity index is 685. The number of amides is 1. The zero-order chi connectivity index (χ0) is 16.7. The molecule has 2 aromatic rings. The second kappa shape index (κ2) is 8.57. The summed E-state index contributed by atoms with van der Waals surface area (Å²) in [7, 11) is -1.35. The third-order valence-electron chi connectivity index (χ3n) is 3.29. The highest BCUT2D eigenvalue weighted by Crippen LogP contribution is 2.06. The Morgan fingerprint density at radius 1 is 1.35 bits per heavy atom. The summed E-state index contributed by atoms with van der Waals surface area (Å²) in [6, 6.07) is 7.83. The molecule has 0 aliphatic carbocycles. The monoisotopic (exact) mass is 335 g/mol. The highest BCUT2D eigenvalue weighted by molar-refractivity contribution is 7.84. The van der Waals surface area contributed by atoms with Crippen LogP contribution in [0.2, 0.25) is 0 Å². The number of aryl methyl sites for hydroxylation is 2. The number of benzene rings is 1. The van der Waals surface area contributed by atoms with Crippen LogP contribution < -0.4 is 5.32 Å². The van der Waals surface area contributed by atoms with Crippen LogP contribution in [0.15, 0.2) is 28.8 Å². The van der Waals surface area contributed by atoms with Crippen LogP contribution in [0, 0.1) is 6.92 Å². The number of rotatable bonds is 8. The van der Waals surface area contributed by atoms with E-state index in [1.807, 2.05) is 38.1 Å². The minimum atomic E-state index is -1.35. The van der Waals surface area contributed by atoms with Gasteiger partial charge in [0.15, 0.2) is 5.82 Å². The van der Waals surface area contributed by atoms with Gasteiger partial charge in [-0.2, -0.15) is 4.98 Å². The fourth-order valence-electron chi connectivity index (χ4n) is 2.06. The van der Waals surface area contributed by atoms with E-state index in [9.17, 15) is 9.00 Å². The molecule has 23 heavy (non-hydrogen) atoms. The summed E-state index contributed by atoms with van der Waals surface area (Å²) in [5, 5.41) is 6.56. The molecule has 0 radical (unpaired) electrons. The quantitative estimate of drug-likeness (QED) is 0.796. The number of carbonyl (C=O) groups excluding carboxylic acids is 1. The van der Waals surface area contributed by atoms with Crippen molar-refractivity contribution < 1.29 is 13.5 Å². The van der Waals surface area contributed by atoms with Crippen molar-refractivity contribution in [1.29, 1.82) is 0 Å². The van der Waals surface area contributed by atoms with Crippen LogP contribution in [0.3, 0.4) is 0 Å². The van der Waals surface area contributed by atoms with Crippen molar-refractivity contribution >= 4 is 16.7 Å². The molecule has 0 bridgehead atoms. The van der Waals surface area contributed by atoms with Gasteiger partial charge in [-0.25, -0.2) is 0 Å². The third kappa shape index (κ3) is 5.59. The number of hydrogen-bond donors (Lipinski definition) is 1. The lowest BCUT2D eigenvalue weighted by molar-refractivity contribution is -0.118. The van der Waals surface area contributed by atoms with E-state index in [0.29, 0.717) is 24.7 Å². The van der Waals surface area contributed by atoms with Crippen molar-refractivity contribution in [3.63, 3.8) is 0 Å². The molecule has 1 atom stereocenters. The van der Waals surface area contributed by atoms with E-state index in [1.165, 1.54) is 0 Å². The third-order valence-corrected chi connectivity index (χ3v) is 4.46. The lowest BCUT2D eigenvalue weighted by Gasteiger charge is -2.07. The van der Waals surface area contributed by atoms with E-state index in [1.54, 1.807) is 0 Å². The van der Waals surface area contributed by atoms with Gasteiger partial charge in [-0.3, -0.25) is 9.00 Å². The normalized spacial score (nSPS) is 12.1. The summed E-state index contributed by atoms with van der Waals surface area (Å²) >= 11 is 0. The van der Waals surface area contributed by atoms with Gasteiger partial charge in [0.05, 0.1) is 5.75 Å². The molecule has 1 unspecified atom stereocenters. The predicted molar refractivity (Wildman–Crippen MR) is 88.0 cm³/mol. The van der Waals surface area contributed by atoms with Crippen molar-refractivity contribution in [3.8, 4) is 0 Å². The number of nitrogens with one attached hydrogen (secondary N) is 1. The lowest BCUT2D eigenvalue weighted by Crippen LogP contribution is -2.28. The molecule has 0 saturated carbocycles. The summed E-state index contributed by atoms with van der Waals surface area (Å²) in [4.78, 5) is 16.0. The molecule has 1 N–H and O–H groups in total. The predicted octanol–water partition coefficient (Wildman–Crippen LogP) is 1.90. The van der Waals surface area contributed by atoms with Gasteiger partial charge in [-0.1, -0.05) is 36.3 Å². The summed E-state index contributed by atoms with van der Waals surface area (Å²) < 4.78 is 17.0.